The predicted octanol–water partition coefficient (Wildman–Crippen LogP) is 2.77. The van der Waals surface area contributed by atoms with Gasteiger partial charge in [0.05, 0.1) is 0 Å². The maximum atomic E-state index is 11.5. The van der Waals surface area contributed by atoms with Crippen LogP contribution in [-0.2, 0) is 11.2 Å². The summed E-state index contributed by atoms with van der Waals surface area (Å²) < 4.78 is 0. The highest BCUT2D eigenvalue weighted by molar-refractivity contribution is 5.85. The van der Waals surface area contributed by atoms with E-state index >= 15 is 0 Å². The molecule has 0 aliphatic rings. The number of rotatable bonds is 5. The second-order valence-electron chi connectivity index (χ2n) is 4.43. The molecule has 3 heteroatoms. The number of hydrogen-bond donors (Lipinski definition) is 1. The molecule has 0 unspecified atom stereocenters. The molecular formula is C14H20N2O. The van der Waals surface area contributed by atoms with Gasteiger partial charge >= 0.3 is 0 Å². The number of benzene rings is 1. The number of nitrogens with zero attached hydrogens (tertiary/aromatic N) is 1. The van der Waals surface area contributed by atoms with Crippen molar-refractivity contribution in [1.29, 1.82) is 0 Å². The van der Waals surface area contributed by atoms with Crippen LogP contribution in [0.25, 0.3) is 0 Å². The van der Waals surface area contributed by atoms with Gasteiger partial charge in [0, 0.05) is 12.1 Å². The van der Waals surface area contributed by atoms with Crippen LogP contribution in [-0.4, -0.2) is 11.6 Å². The normalized spacial score (nSPS) is 11.6. The Morgan fingerprint density at radius 1 is 1.29 bits per heavy atom. The molecule has 3 nitrogen and oxygen atoms in total. The van der Waals surface area contributed by atoms with E-state index in [1.54, 1.807) is 0 Å². The van der Waals surface area contributed by atoms with E-state index in [1.165, 1.54) is 5.56 Å². The molecule has 1 N–H and O–H groups in total. The third-order valence-electron chi connectivity index (χ3n) is 2.68. The van der Waals surface area contributed by atoms with Gasteiger partial charge in [-0.3, -0.25) is 4.79 Å². The van der Waals surface area contributed by atoms with Crippen LogP contribution >= 0.6 is 0 Å². The van der Waals surface area contributed by atoms with Gasteiger partial charge in [-0.2, -0.15) is 5.10 Å². The first-order chi connectivity index (χ1) is 8.09. The van der Waals surface area contributed by atoms with E-state index < -0.39 is 0 Å². The summed E-state index contributed by atoms with van der Waals surface area (Å²) in [7, 11) is 0. The van der Waals surface area contributed by atoms with Crippen LogP contribution in [0.3, 0.4) is 0 Å². The number of aryl methyl sites for hydroxylation is 1. The summed E-state index contributed by atoms with van der Waals surface area (Å²) >= 11 is 0. The molecule has 0 fully saturated rings. The zero-order valence-electron chi connectivity index (χ0n) is 10.7. The van der Waals surface area contributed by atoms with Crippen LogP contribution in [0.15, 0.2) is 35.4 Å². The number of carbonyl (C=O) groups is 1. The van der Waals surface area contributed by atoms with Crippen molar-refractivity contribution < 1.29 is 4.79 Å². The maximum absolute atomic E-state index is 11.5. The van der Waals surface area contributed by atoms with Crippen molar-refractivity contribution in [3.05, 3.63) is 35.9 Å². The fourth-order valence-corrected chi connectivity index (χ4v) is 1.24. The lowest BCUT2D eigenvalue weighted by Crippen LogP contribution is -2.20. The summed E-state index contributed by atoms with van der Waals surface area (Å²) in [5.41, 5.74) is 4.70. The number of amides is 1. The van der Waals surface area contributed by atoms with Gasteiger partial charge in [0.2, 0.25) is 5.91 Å². The molecular weight excluding hydrogens is 212 g/mol. The van der Waals surface area contributed by atoms with E-state index in [1.807, 2.05) is 37.3 Å². The first kappa shape index (κ1) is 13.4. The summed E-state index contributed by atoms with van der Waals surface area (Å²) in [6.07, 6.45) is 1.22. The lowest BCUT2D eigenvalue weighted by atomic mass is 10.1. The lowest BCUT2D eigenvalue weighted by Gasteiger charge is -2.05. The number of nitrogens with one attached hydrogen (secondary N) is 1. The number of carbonyl (C=O) groups excluding carboxylic acids is 1. The van der Waals surface area contributed by atoms with Crippen LogP contribution in [0.2, 0.25) is 0 Å². The van der Waals surface area contributed by atoms with Crippen LogP contribution in [0, 0.1) is 5.92 Å². The SMILES string of the molecule is CC(=NNC(=O)CCc1ccccc1)C(C)C. The minimum absolute atomic E-state index is 0.0335. The largest absolute Gasteiger partial charge is 0.273 e. The molecule has 0 aliphatic heterocycles. The second-order valence-corrected chi connectivity index (χ2v) is 4.43. The molecule has 0 radical (unpaired) electrons. The van der Waals surface area contributed by atoms with Crippen molar-refractivity contribution in [2.45, 2.75) is 33.6 Å². The number of hydrogen-bond acceptors (Lipinski definition) is 2. The first-order valence-corrected chi connectivity index (χ1v) is 5.96. The molecule has 0 saturated carbocycles. The molecule has 1 rings (SSSR count). The quantitative estimate of drug-likeness (QED) is 0.615. The molecule has 92 valence electrons. The van der Waals surface area contributed by atoms with Gasteiger partial charge in [0.25, 0.3) is 0 Å². The summed E-state index contributed by atoms with van der Waals surface area (Å²) in [5, 5.41) is 4.05. The van der Waals surface area contributed by atoms with Crippen LogP contribution in [0.5, 0.6) is 0 Å². The van der Waals surface area contributed by atoms with Gasteiger partial charge in [0.15, 0.2) is 0 Å². The molecule has 0 bridgehead atoms. The molecule has 0 aliphatic carbocycles. The Kier molecular flexibility index (Phi) is 5.40. The third kappa shape index (κ3) is 5.29. The van der Waals surface area contributed by atoms with Gasteiger partial charge in [-0.25, -0.2) is 5.43 Å². The van der Waals surface area contributed by atoms with Crippen molar-refractivity contribution in [1.82, 2.24) is 5.43 Å². The maximum Gasteiger partial charge on any atom is 0.240 e. The molecule has 17 heavy (non-hydrogen) atoms. The summed E-state index contributed by atoms with van der Waals surface area (Å²) in [6, 6.07) is 9.98. The monoisotopic (exact) mass is 232 g/mol. The highest BCUT2D eigenvalue weighted by Crippen LogP contribution is 2.02. The fourth-order valence-electron chi connectivity index (χ4n) is 1.24. The fraction of sp³-hybridized carbons (Fsp3) is 0.429. The van der Waals surface area contributed by atoms with Crippen molar-refractivity contribution in [2.24, 2.45) is 11.0 Å². The zero-order chi connectivity index (χ0) is 12.7. The Morgan fingerprint density at radius 3 is 2.53 bits per heavy atom. The first-order valence-electron chi connectivity index (χ1n) is 5.96. The van der Waals surface area contributed by atoms with Crippen molar-refractivity contribution in [3.63, 3.8) is 0 Å². The molecule has 0 heterocycles. The van der Waals surface area contributed by atoms with Crippen LogP contribution < -0.4 is 5.43 Å². The van der Waals surface area contributed by atoms with Gasteiger partial charge in [-0.05, 0) is 24.8 Å². The van der Waals surface area contributed by atoms with E-state index in [-0.39, 0.29) is 5.91 Å². The van der Waals surface area contributed by atoms with E-state index in [9.17, 15) is 4.79 Å². The van der Waals surface area contributed by atoms with Gasteiger partial charge in [0.1, 0.15) is 0 Å². The van der Waals surface area contributed by atoms with Crippen molar-refractivity contribution >= 4 is 11.6 Å². The Morgan fingerprint density at radius 2 is 1.94 bits per heavy atom. The highest BCUT2D eigenvalue weighted by Gasteiger charge is 2.02. The van der Waals surface area contributed by atoms with Crippen LogP contribution in [0.1, 0.15) is 32.8 Å². The zero-order valence-corrected chi connectivity index (χ0v) is 10.7. The number of hydrazone groups is 1. The minimum atomic E-state index is -0.0335. The topological polar surface area (TPSA) is 41.5 Å². The van der Waals surface area contributed by atoms with Crippen LogP contribution in [0.4, 0.5) is 0 Å². The second kappa shape index (κ2) is 6.84. The predicted molar refractivity (Wildman–Crippen MR) is 70.9 cm³/mol. The Hall–Kier alpha value is -1.64. The molecule has 0 aromatic heterocycles. The van der Waals surface area contributed by atoms with Gasteiger partial charge < -0.3 is 0 Å². The standard InChI is InChI=1S/C14H20N2O/c1-11(2)12(3)15-16-14(17)10-9-13-7-5-4-6-8-13/h4-8,11H,9-10H2,1-3H3,(H,16,17). The van der Waals surface area contributed by atoms with E-state index in [2.05, 4.69) is 24.4 Å². The summed E-state index contributed by atoms with van der Waals surface area (Å²) in [6.45, 7) is 6.02. The summed E-state index contributed by atoms with van der Waals surface area (Å²) in [5.74, 6) is 0.332. The molecule has 1 aromatic rings. The highest BCUT2D eigenvalue weighted by atomic mass is 16.2. The third-order valence-corrected chi connectivity index (χ3v) is 2.68. The molecule has 0 spiro atoms. The van der Waals surface area contributed by atoms with E-state index in [0.717, 1.165) is 12.1 Å². The minimum Gasteiger partial charge on any atom is -0.273 e. The van der Waals surface area contributed by atoms with Crippen molar-refractivity contribution in [2.75, 3.05) is 0 Å². The molecule has 1 amide bonds. The molecule has 0 saturated heterocycles. The average Bonchev–Trinajstić information content (AvgIpc) is 2.34. The Bertz CT molecular complexity index is 382. The summed E-state index contributed by atoms with van der Waals surface area (Å²) in [4.78, 5) is 11.5. The molecule has 1 aromatic carbocycles. The van der Waals surface area contributed by atoms with E-state index in [4.69, 9.17) is 0 Å². The molecule has 0 atom stereocenters. The van der Waals surface area contributed by atoms with Crippen molar-refractivity contribution in [3.8, 4) is 0 Å². The average molecular weight is 232 g/mol. The van der Waals surface area contributed by atoms with E-state index in [0.29, 0.717) is 12.3 Å². The Labute approximate surface area is 103 Å². The Balaban J connectivity index is 2.34. The van der Waals surface area contributed by atoms with Gasteiger partial charge in [-0.1, -0.05) is 44.2 Å². The smallest absolute Gasteiger partial charge is 0.240 e. The van der Waals surface area contributed by atoms with Gasteiger partial charge in [-0.15, -0.1) is 0 Å². The lowest BCUT2D eigenvalue weighted by molar-refractivity contribution is -0.121.